The second kappa shape index (κ2) is 11.7. The van der Waals surface area contributed by atoms with Crippen LogP contribution in [-0.2, 0) is 14.4 Å². The number of hydrogen-bond acceptors (Lipinski definition) is 8. The van der Waals surface area contributed by atoms with E-state index in [2.05, 4.69) is 26.2 Å². The maximum absolute atomic E-state index is 14.0. The highest BCUT2D eigenvalue weighted by Gasteiger charge is 2.69. The molecule has 2 N–H and O–H groups in total. The number of benzene rings is 3. The van der Waals surface area contributed by atoms with Gasteiger partial charge in [0, 0.05) is 26.2 Å². The van der Waals surface area contributed by atoms with Gasteiger partial charge in [0.25, 0.3) is 5.91 Å². The molecule has 3 amide bonds. The summed E-state index contributed by atoms with van der Waals surface area (Å²) < 4.78 is 12.5. The lowest BCUT2D eigenvalue weighted by Crippen LogP contribution is -2.42. The van der Waals surface area contributed by atoms with Crippen molar-refractivity contribution in [2.24, 2.45) is 29.6 Å². The number of imide groups is 1. The van der Waals surface area contributed by atoms with Crippen LogP contribution in [0.4, 0.5) is 11.4 Å². The molecular weight excluding hydrogens is 702 g/mol. The lowest BCUT2D eigenvalue weighted by molar-refractivity contribution is -0.123. The molecule has 3 heterocycles. The van der Waals surface area contributed by atoms with Gasteiger partial charge in [-0.2, -0.15) is 0 Å². The Labute approximate surface area is 287 Å². The van der Waals surface area contributed by atoms with E-state index < -0.39 is 5.92 Å². The number of aromatic nitrogens is 1. The van der Waals surface area contributed by atoms with Gasteiger partial charge >= 0.3 is 4.87 Å². The van der Waals surface area contributed by atoms with Crippen LogP contribution < -0.4 is 24.6 Å². The minimum absolute atomic E-state index is 0.0119. The lowest BCUT2D eigenvalue weighted by Gasteiger charge is -2.43. The molecular formula is C35H30BrN3O6S2. The molecule has 1 aromatic heterocycles. The Bertz CT molecular complexity index is 1980. The Morgan fingerprint density at radius 3 is 2.43 bits per heavy atom. The van der Waals surface area contributed by atoms with Gasteiger partial charge < -0.3 is 19.8 Å². The van der Waals surface area contributed by atoms with E-state index in [-0.39, 0.29) is 64.0 Å². The minimum Gasteiger partial charge on any atom is -0.493 e. The van der Waals surface area contributed by atoms with Crippen molar-refractivity contribution < 1.29 is 23.9 Å². The predicted octanol–water partition coefficient (Wildman–Crippen LogP) is 6.21. The fourth-order valence-corrected chi connectivity index (χ4v) is 11.4. The Morgan fingerprint density at radius 2 is 1.70 bits per heavy atom. The normalized spacial score (nSPS) is 27.0. The van der Waals surface area contributed by atoms with Crippen LogP contribution in [0.25, 0.3) is 0 Å². The van der Waals surface area contributed by atoms with Crippen molar-refractivity contribution in [1.82, 2.24) is 4.98 Å². The number of thiazole rings is 1. The standard InChI is InChI=1S/C35H30BrN3O6S2/c1-16-3-8-19(9-4-16)37-25(40)15-45-23-12-5-17(13-24(23)44-2)26-27-21-14-22(30(27)46-32-31(26)47-35(43)38-32)29-28(21)33(41)39(34(29)42)20-10-6-18(36)7-11-20/h3-13,21-22,26-30H,14-15H2,1-2H3,(H,37,40)(H,38,43)/t21?,22?,26-,27?,28?,29?,30?/m1/s1. The average molecular weight is 733 g/mol. The molecule has 6 unspecified atom stereocenters. The molecule has 0 radical (unpaired) electrons. The Morgan fingerprint density at radius 1 is 0.979 bits per heavy atom. The minimum atomic E-state index is -0.394. The maximum Gasteiger partial charge on any atom is 0.305 e. The molecule has 0 spiro atoms. The van der Waals surface area contributed by atoms with Crippen molar-refractivity contribution in [1.29, 1.82) is 0 Å². The smallest absolute Gasteiger partial charge is 0.305 e. The molecule has 240 valence electrons. The molecule has 2 aliphatic heterocycles. The zero-order valence-corrected chi connectivity index (χ0v) is 28.6. The van der Waals surface area contributed by atoms with Gasteiger partial charge in [-0.3, -0.25) is 24.1 Å². The molecule has 1 saturated heterocycles. The molecule has 3 fully saturated rings. The van der Waals surface area contributed by atoms with E-state index in [4.69, 9.17) is 9.47 Å². The molecule has 7 atom stereocenters. The Hall–Kier alpha value is -3.87. The fraction of sp³-hybridized carbons (Fsp3) is 0.314. The van der Waals surface area contributed by atoms with Gasteiger partial charge in [0.05, 0.1) is 29.7 Å². The lowest BCUT2D eigenvalue weighted by atomic mass is 9.68. The van der Waals surface area contributed by atoms with Gasteiger partial charge in [-0.1, -0.05) is 51.0 Å². The first-order valence-corrected chi connectivity index (χ1v) is 17.9. The number of fused-ring (bicyclic) bond motifs is 9. The SMILES string of the molecule is COc1cc([C@H]2c3sc(=O)[nH]c3SC3C4CC(C5C(=O)N(c6ccc(Br)cc6)C(=O)C45)C32)ccc1OCC(=O)Nc1ccc(C)cc1. The van der Waals surface area contributed by atoms with Gasteiger partial charge in [0.1, 0.15) is 0 Å². The van der Waals surface area contributed by atoms with E-state index in [1.54, 1.807) is 37.1 Å². The molecule has 9 nitrogen and oxygen atoms in total. The first kappa shape index (κ1) is 30.5. The largest absolute Gasteiger partial charge is 0.493 e. The number of carbonyl (C=O) groups excluding carboxylic acids is 3. The number of hydrogen-bond donors (Lipinski definition) is 2. The number of aromatic amines is 1. The summed E-state index contributed by atoms with van der Waals surface area (Å²) in [6, 6.07) is 20.5. The van der Waals surface area contributed by atoms with Crippen LogP contribution >= 0.6 is 39.0 Å². The molecule has 2 saturated carbocycles. The summed E-state index contributed by atoms with van der Waals surface area (Å²) in [4.78, 5) is 58.4. The number of aryl methyl sites for hydroxylation is 1. The fourth-order valence-electron chi connectivity index (χ4n) is 8.21. The third kappa shape index (κ3) is 5.03. The van der Waals surface area contributed by atoms with Crippen LogP contribution in [0.15, 0.2) is 81.0 Å². The number of amides is 3. The van der Waals surface area contributed by atoms with E-state index in [9.17, 15) is 19.2 Å². The number of halogens is 1. The first-order chi connectivity index (χ1) is 22.7. The number of thioether (sulfide) groups is 1. The third-order valence-corrected chi connectivity index (χ3v) is 13.2. The number of methoxy groups -OCH3 is 1. The summed E-state index contributed by atoms with van der Waals surface area (Å²) in [6.45, 7) is 1.78. The Kier molecular flexibility index (Phi) is 7.57. The number of nitrogens with one attached hydrogen (secondary N) is 2. The number of nitrogens with zero attached hydrogens (tertiary/aromatic N) is 1. The number of ether oxygens (including phenoxy) is 2. The van der Waals surface area contributed by atoms with E-state index in [0.29, 0.717) is 22.9 Å². The number of carbonyl (C=O) groups is 3. The number of rotatable bonds is 7. The van der Waals surface area contributed by atoms with Crippen LogP contribution in [0, 0.1) is 36.5 Å². The molecule has 47 heavy (non-hydrogen) atoms. The van der Waals surface area contributed by atoms with Crippen LogP contribution in [-0.4, -0.2) is 41.7 Å². The van der Waals surface area contributed by atoms with Crippen LogP contribution in [0.1, 0.15) is 28.3 Å². The predicted molar refractivity (Wildman–Crippen MR) is 183 cm³/mol. The van der Waals surface area contributed by atoms with E-state index in [1.807, 2.05) is 55.5 Å². The maximum atomic E-state index is 14.0. The van der Waals surface area contributed by atoms with Crippen molar-refractivity contribution in [2.75, 3.05) is 23.9 Å². The van der Waals surface area contributed by atoms with Gasteiger partial charge in [0.2, 0.25) is 11.8 Å². The van der Waals surface area contributed by atoms with Crippen LogP contribution in [0.3, 0.4) is 0 Å². The van der Waals surface area contributed by atoms with Crippen molar-refractivity contribution in [3.8, 4) is 11.5 Å². The van der Waals surface area contributed by atoms with Crippen molar-refractivity contribution in [3.63, 3.8) is 0 Å². The van der Waals surface area contributed by atoms with E-state index in [0.717, 1.165) is 31.9 Å². The third-order valence-electron chi connectivity index (χ3n) is 10.0. The number of anilines is 2. The second-order valence-corrected chi connectivity index (χ2v) is 15.7. The quantitative estimate of drug-likeness (QED) is 0.217. The van der Waals surface area contributed by atoms with Gasteiger partial charge in [-0.25, -0.2) is 0 Å². The molecule has 2 bridgehead atoms. The summed E-state index contributed by atoms with van der Waals surface area (Å²) in [5, 5.41) is 3.74. The van der Waals surface area contributed by atoms with Crippen molar-refractivity contribution in [2.45, 2.75) is 29.5 Å². The highest BCUT2D eigenvalue weighted by molar-refractivity contribution is 9.10. The summed E-state index contributed by atoms with van der Waals surface area (Å²) >= 11 is 6.30. The summed E-state index contributed by atoms with van der Waals surface area (Å²) in [5.41, 5.74) is 3.33. The molecule has 12 heteroatoms. The van der Waals surface area contributed by atoms with Gasteiger partial charge in [-0.15, -0.1) is 11.8 Å². The molecule has 2 aliphatic carbocycles. The number of H-pyrrole nitrogens is 1. The summed E-state index contributed by atoms with van der Waals surface area (Å²) in [6.07, 6.45) is 0.799. The topological polar surface area (TPSA) is 118 Å². The monoisotopic (exact) mass is 731 g/mol. The highest BCUT2D eigenvalue weighted by atomic mass is 79.9. The molecule has 4 aliphatic rings. The zero-order valence-electron chi connectivity index (χ0n) is 25.4. The Balaban J connectivity index is 1.09. The van der Waals surface area contributed by atoms with Gasteiger partial charge in [0.15, 0.2) is 18.1 Å². The van der Waals surface area contributed by atoms with Crippen LogP contribution in [0.5, 0.6) is 11.5 Å². The summed E-state index contributed by atoms with van der Waals surface area (Å²) in [7, 11) is 1.56. The van der Waals surface area contributed by atoms with E-state index in [1.165, 1.54) is 16.2 Å². The average Bonchev–Trinajstić information content (AvgIpc) is 3.80. The summed E-state index contributed by atoms with van der Waals surface area (Å²) in [5.74, 6) is -0.526. The van der Waals surface area contributed by atoms with Crippen molar-refractivity contribution in [3.05, 3.63) is 96.9 Å². The van der Waals surface area contributed by atoms with E-state index >= 15 is 0 Å². The second-order valence-electron chi connectivity index (χ2n) is 12.6. The molecule has 8 rings (SSSR count). The highest BCUT2D eigenvalue weighted by Crippen LogP contribution is 2.68. The zero-order chi connectivity index (χ0) is 32.6. The van der Waals surface area contributed by atoms with Crippen LogP contribution in [0.2, 0.25) is 0 Å². The molecule has 4 aromatic rings. The van der Waals surface area contributed by atoms with Gasteiger partial charge in [-0.05, 0) is 85.2 Å². The molecule has 3 aromatic carbocycles. The van der Waals surface area contributed by atoms with Crippen molar-refractivity contribution >= 4 is 68.1 Å². The first-order valence-electron chi connectivity index (χ1n) is 15.4.